The lowest BCUT2D eigenvalue weighted by molar-refractivity contribution is 0.240. The third-order valence-corrected chi connectivity index (χ3v) is 3.92. The molecule has 1 heterocycles. The van der Waals surface area contributed by atoms with Crippen molar-refractivity contribution >= 4 is 28.0 Å². The minimum absolute atomic E-state index is 0.324. The molecule has 0 spiro atoms. The van der Waals surface area contributed by atoms with Gasteiger partial charge in [-0.2, -0.15) is 0 Å². The Labute approximate surface area is 146 Å². The lowest BCUT2D eigenvalue weighted by atomic mass is 10.2. The zero-order valence-electron chi connectivity index (χ0n) is 12.6. The van der Waals surface area contributed by atoms with Gasteiger partial charge in [-0.3, -0.25) is 10.7 Å². The van der Waals surface area contributed by atoms with Crippen molar-refractivity contribution in [2.75, 3.05) is 7.11 Å². The molecule has 0 unspecified atom stereocenters. The van der Waals surface area contributed by atoms with Gasteiger partial charge in [-0.15, -0.1) is 10.2 Å². The quantitative estimate of drug-likeness (QED) is 0.392. The van der Waals surface area contributed by atoms with E-state index in [1.54, 1.807) is 19.2 Å². The summed E-state index contributed by atoms with van der Waals surface area (Å²) in [4.78, 5) is 4.08. The molecule has 0 amide bonds. The Morgan fingerprint density at radius 3 is 2.67 bits per heavy atom. The lowest BCUT2D eigenvalue weighted by Gasteiger charge is -2.03. The van der Waals surface area contributed by atoms with Crippen molar-refractivity contribution < 1.29 is 14.4 Å². The van der Waals surface area contributed by atoms with Gasteiger partial charge in [0.1, 0.15) is 12.1 Å². The average molecular weight is 389 g/mol. The van der Waals surface area contributed by atoms with Crippen LogP contribution in [-0.2, 0) is 0 Å². The van der Waals surface area contributed by atoms with Crippen LogP contribution in [0.3, 0.4) is 0 Å². The third-order valence-electron chi connectivity index (χ3n) is 3.22. The minimum atomic E-state index is 0.324. The Balaban J connectivity index is 2.02. The van der Waals surface area contributed by atoms with E-state index in [0.717, 1.165) is 16.4 Å². The first kappa shape index (κ1) is 16.2. The number of nitrogens with zero attached hydrogens (tertiary/aromatic N) is 3. The van der Waals surface area contributed by atoms with Gasteiger partial charge in [-0.1, -0.05) is 12.1 Å². The van der Waals surface area contributed by atoms with Gasteiger partial charge in [0, 0.05) is 4.47 Å². The Hall–Kier alpha value is -2.71. The number of rotatable bonds is 5. The fourth-order valence-corrected chi connectivity index (χ4v) is 2.52. The summed E-state index contributed by atoms with van der Waals surface area (Å²) in [6, 6.07) is 12.7. The van der Waals surface area contributed by atoms with Crippen molar-refractivity contribution in [2.24, 2.45) is 4.99 Å². The van der Waals surface area contributed by atoms with E-state index in [2.05, 4.69) is 31.1 Å². The largest absolute Gasteiger partial charge is 0.497 e. The van der Waals surface area contributed by atoms with Crippen LogP contribution >= 0.6 is 15.9 Å². The molecule has 0 saturated carbocycles. The number of hydrogen-bond acceptors (Lipinski definition) is 6. The molecule has 3 aromatic rings. The highest BCUT2D eigenvalue weighted by atomic mass is 79.9. The van der Waals surface area contributed by atoms with E-state index in [4.69, 9.17) is 14.4 Å². The van der Waals surface area contributed by atoms with Gasteiger partial charge in [-0.25, -0.2) is 4.99 Å². The number of halogens is 1. The molecular weight excluding hydrogens is 376 g/mol. The zero-order chi connectivity index (χ0) is 16.9. The smallest absolute Gasteiger partial charge is 0.250 e. The number of benzene rings is 2. The summed E-state index contributed by atoms with van der Waals surface area (Å²) in [5, 5.41) is 16.8. The normalized spacial score (nSPS) is 11.0. The summed E-state index contributed by atoms with van der Waals surface area (Å²) in [5.74, 6) is 1.37. The Morgan fingerprint density at radius 1 is 1.17 bits per heavy atom. The molecule has 0 atom stereocenters. The van der Waals surface area contributed by atoms with Crippen LogP contribution in [0.1, 0.15) is 0 Å². The molecular formula is C16H13BrN4O3. The number of methoxy groups -OCH3 is 1. The zero-order valence-corrected chi connectivity index (χ0v) is 14.2. The highest BCUT2D eigenvalue weighted by Gasteiger charge is 2.16. The molecule has 0 bridgehead atoms. The van der Waals surface area contributed by atoms with Crippen molar-refractivity contribution in [3.63, 3.8) is 0 Å². The van der Waals surface area contributed by atoms with E-state index in [1.807, 2.05) is 35.8 Å². The van der Waals surface area contributed by atoms with Crippen molar-refractivity contribution in [1.82, 2.24) is 15.7 Å². The second-order valence-corrected chi connectivity index (χ2v) is 5.52. The van der Waals surface area contributed by atoms with Crippen molar-refractivity contribution in [3.05, 3.63) is 46.9 Å². The highest BCUT2D eigenvalue weighted by Crippen LogP contribution is 2.34. The molecule has 122 valence electrons. The number of hydrogen-bond donors (Lipinski definition) is 2. The van der Waals surface area contributed by atoms with Gasteiger partial charge in [0.15, 0.2) is 0 Å². The third kappa shape index (κ3) is 3.29. The molecule has 0 fully saturated rings. The fourth-order valence-electron chi connectivity index (χ4n) is 2.10. The van der Waals surface area contributed by atoms with Gasteiger partial charge in [0.2, 0.25) is 11.8 Å². The van der Waals surface area contributed by atoms with E-state index in [0.29, 0.717) is 28.8 Å². The first-order valence-electron chi connectivity index (χ1n) is 6.92. The Kier molecular flexibility index (Phi) is 4.88. The number of ether oxygens (including phenoxy) is 1. The van der Waals surface area contributed by atoms with Crippen molar-refractivity contribution in [1.29, 1.82) is 0 Å². The summed E-state index contributed by atoms with van der Waals surface area (Å²) < 4.78 is 11.8. The van der Waals surface area contributed by atoms with Gasteiger partial charge >= 0.3 is 0 Å². The van der Waals surface area contributed by atoms with E-state index >= 15 is 0 Å². The number of hydroxylamine groups is 1. The van der Waals surface area contributed by atoms with Gasteiger partial charge in [0.25, 0.3) is 0 Å². The summed E-state index contributed by atoms with van der Waals surface area (Å²) >= 11 is 3.47. The molecule has 7 nitrogen and oxygen atoms in total. The molecule has 3 rings (SSSR count). The molecule has 2 aromatic carbocycles. The van der Waals surface area contributed by atoms with Crippen LogP contribution < -0.4 is 10.2 Å². The van der Waals surface area contributed by atoms with E-state index in [1.165, 1.54) is 0 Å². The van der Waals surface area contributed by atoms with Crippen molar-refractivity contribution in [3.8, 4) is 28.7 Å². The minimum Gasteiger partial charge on any atom is -0.497 e. The van der Waals surface area contributed by atoms with Crippen LogP contribution in [0.4, 0.5) is 5.69 Å². The lowest BCUT2D eigenvalue weighted by Crippen LogP contribution is -2.01. The van der Waals surface area contributed by atoms with E-state index in [9.17, 15) is 0 Å². The summed E-state index contributed by atoms with van der Waals surface area (Å²) in [6.07, 6.45) is 1.16. The molecule has 0 aliphatic carbocycles. The predicted molar refractivity (Wildman–Crippen MR) is 92.5 cm³/mol. The molecule has 24 heavy (non-hydrogen) atoms. The topological polar surface area (TPSA) is 92.8 Å². The van der Waals surface area contributed by atoms with Crippen LogP contribution in [0.5, 0.6) is 5.75 Å². The maximum Gasteiger partial charge on any atom is 0.250 e. The predicted octanol–water partition coefficient (Wildman–Crippen LogP) is 3.81. The van der Waals surface area contributed by atoms with Gasteiger partial charge in [-0.05, 0) is 46.3 Å². The average Bonchev–Trinajstić information content (AvgIpc) is 3.10. The first-order valence-corrected chi connectivity index (χ1v) is 7.71. The SMILES string of the molecule is COc1ccc(Br)c(-c2nnc(-c3ccccc3N=CNO)o2)c1. The molecule has 0 radical (unpaired) electrons. The fraction of sp³-hybridized carbons (Fsp3) is 0.0625. The summed E-state index contributed by atoms with van der Waals surface area (Å²) in [5.41, 5.74) is 3.83. The number of aromatic nitrogens is 2. The molecule has 2 N–H and O–H groups in total. The van der Waals surface area contributed by atoms with Crippen molar-refractivity contribution in [2.45, 2.75) is 0 Å². The molecule has 0 aliphatic heterocycles. The molecule has 1 aromatic heterocycles. The maximum absolute atomic E-state index is 8.65. The molecule has 8 heteroatoms. The van der Waals surface area contributed by atoms with E-state index < -0.39 is 0 Å². The second-order valence-electron chi connectivity index (χ2n) is 4.66. The van der Waals surface area contributed by atoms with Gasteiger partial charge in [0.05, 0.1) is 23.9 Å². The Bertz CT molecular complexity index is 879. The summed E-state index contributed by atoms with van der Waals surface area (Å²) in [6.45, 7) is 0. The molecule has 0 aliphatic rings. The van der Waals surface area contributed by atoms with Crippen LogP contribution in [0.15, 0.2) is 56.3 Å². The maximum atomic E-state index is 8.65. The molecule has 0 saturated heterocycles. The monoisotopic (exact) mass is 388 g/mol. The highest BCUT2D eigenvalue weighted by molar-refractivity contribution is 9.10. The van der Waals surface area contributed by atoms with Crippen LogP contribution in [0.25, 0.3) is 22.9 Å². The summed E-state index contributed by atoms with van der Waals surface area (Å²) in [7, 11) is 1.59. The number of nitrogens with one attached hydrogen (secondary N) is 1. The first-order chi connectivity index (χ1) is 11.7. The van der Waals surface area contributed by atoms with Gasteiger partial charge < -0.3 is 9.15 Å². The number of para-hydroxylation sites is 1. The van der Waals surface area contributed by atoms with Crippen LogP contribution in [0, 0.1) is 0 Å². The second kappa shape index (κ2) is 7.24. The standard InChI is InChI=1S/C16H13BrN4O3/c1-23-10-6-7-13(17)12(8-10)16-21-20-15(24-16)11-4-2-3-5-14(11)18-9-19-22/h2-9,22H,1H3,(H,18,19). The van der Waals surface area contributed by atoms with Crippen LogP contribution in [0.2, 0.25) is 0 Å². The number of aliphatic imine (C=N–C) groups is 1. The van der Waals surface area contributed by atoms with E-state index in [-0.39, 0.29) is 0 Å². The Morgan fingerprint density at radius 2 is 1.92 bits per heavy atom. The van der Waals surface area contributed by atoms with Crippen LogP contribution in [-0.4, -0.2) is 28.9 Å².